The number of pyridine rings is 1. The highest BCUT2D eigenvalue weighted by atomic mass is 79.9. The summed E-state index contributed by atoms with van der Waals surface area (Å²) in [7, 11) is 4.74. The molecule has 0 amide bonds. The molecule has 0 bridgehead atoms. The second kappa shape index (κ2) is 4.77. The molecular weight excluding hydrogens is 283 g/mol. The van der Waals surface area contributed by atoms with E-state index in [-0.39, 0.29) is 0 Å². The van der Waals surface area contributed by atoms with Gasteiger partial charge in [0, 0.05) is 11.4 Å². The van der Waals surface area contributed by atoms with Gasteiger partial charge in [-0.25, -0.2) is 0 Å². The van der Waals surface area contributed by atoms with Crippen LogP contribution in [0.25, 0.3) is 0 Å². The molecule has 1 aromatic heterocycles. The molecule has 0 fully saturated rings. The summed E-state index contributed by atoms with van der Waals surface area (Å²) >= 11 is 3.08. The van der Waals surface area contributed by atoms with Gasteiger partial charge in [-0.3, -0.25) is 15.1 Å². The summed E-state index contributed by atoms with van der Waals surface area (Å²) in [6, 6.07) is 1.13. The standard InChI is InChI=1S/C7H6BBrN2O5/c8-7(12,13)16-6-3-10-4(2-9)1-5(6)11(14)15/h1,3,12-13H,2H2. The Labute approximate surface area is 99.8 Å². The summed E-state index contributed by atoms with van der Waals surface area (Å²) in [5.74, 6) is -3.41. The van der Waals surface area contributed by atoms with Crippen molar-refractivity contribution in [3.8, 4) is 5.75 Å². The summed E-state index contributed by atoms with van der Waals surface area (Å²) in [5, 5.41) is 28.5. The van der Waals surface area contributed by atoms with E-state index in [9.17, 15) is 10.1 Å². The fourth-order valence-corrected chi connectivity index (χ4v) is 1.24. The molecule has 7 nitrogen and oxygen atoms in total. The highest BCUT2D eigenvalue weighted by Crippen LogP contribution is 2.28. The number of alkyl halides is 1. The van der Waals surface area contributed by atoms with E-state index in [1.54, 1.807) is 0 Å². The molecule has 0 unspecified atom stereocenters. The van der Waals surface area contributed by atoms with Crippen molar-refractivity contribution in [2.75, 3.05) is 0 Å². The third-order valence-electron chi connectivity index (χ3n) is 1.50. The molecule has 84 valence electrons. The summed E-state index contributed by atoms with van der Waals surface area (Å²) in [6.07, 6.45) is 0.989. The summed E-state index contributed by atoms with van der Waals surface area (Å²) in [6.45, 7) is 0. The van der Waals surface area contributed by atoms with Crippen LogP contribution in [0.15, 0.2) is 12.3 Å². The average Bonchev–Trinajstić information content (AvgIpc) is 2.15. The number of nitro groups is 1. The van der Waals surface area contributed by atoms with Gasteiger partial charge >= 0.3 is 5.69 Å². The predicted octanol–water partition coefficient (Wildman–Crippen LogP) is 0.0279. The first-order chi connectivity index (χ1) is 7.33. The van der Waals surface area contributed by atoms with E-state index in [1.165, 1.54) is 0 Å². The minimum Gasteiger partial charge on any atom is -0.440 e. The molecule has 9 heteroatoms. The SMILES string of the molecule is [B]C(O)(O)Oc1cnc(CBr)cc1[N+](=O)[O-]. The van der Waals surface area contributed by atoms with Crippen LogP contribution in [-0.4, -0.2) is 33.8 Å². The van der Waals surface area contributed by atoms with Crippen molar-refractivity contribution < 1.29 is 19.9 Å². The summed E-state index contributed by atoms with van der Waals surface area (Å²) < 4.78 is 4.36. The maximum Gasteiger partial charge on any atom is 0.314 e. The lowest BCUT2D eigenvalue weighted by Gasteiger charge is -2.18. The van der Waals surface area contributed by atoms with Crippen LogP contribution in [0.3, 0.4) is 0 Å². The third-order valence-corrected chi connectivity index (χ3v) is 2.07. The Kier molecular flexibility index (Phi) is 3.84. The van der Waals surface area contributed by atoms with Gasteiger partial charge in [0.25, 0.3) is 5.87 Å². The highest BCUT2D eigenvalue weighted by Gasteiger charge is 2.24. The molecule has 2 N–H and O–H groups in total. The van der Waals surface area contributed by atoms with E-state index < -0.39 is 22.2 Å². The largest absolute Gasteiger partial charge is 0.440 e. The molecule has 0 aliphatic rings. The van der Waals surface area contributed by atoms with Gasteiger partial charge in [0.1, 0.15) is 0 Å². The normalized spacial score (nSPS) is 11.2. The van der Waals surface area contributed by atoms with E-state index in [4.69, 9.17) is 18.1 Å². The zero-order chi connectivity index (χ0) is 12.3. The molecule has 1 heterocycles. The first kappa shape index (κ1) is 12.9. The maximum atomic E-state index is 10.7. The fraction of sp³-hybridized carbons (Fsp3) is 0.286. The second-order valence-corrected chi connectivity index (χ2v) is 3.36. The fourth-order valence-electron chi connectivity index (χ4n) is 0.930. The Hall–Kier alpha value is -1.19. The van der Waals surface area contributed by atoms with E-state index >= 15 is 0 Å². The Morgan fingerprint density at radius 2 is 2.31 bits per heavy atom. The van der Waals surface area contributed by atoms with Crippen LogP contribution < -0.4 is 4.74 Å². The zero-order valence-corrected chi connectivity index (χ0v) is 9.42. The smallest absolute Gasteiger partial charge is 0.314 e. The Morgan fingerprint density at radius 1 is 1.69 bits per heavy atom. The molecule has 0 saturated heterocycles. The van der Waals surface area contributed by atoms with Gasteiger partial charge in [-0.05, 0) is 0 Å². The lowest BCUT2D eigenvalue weighted by molar-refractivity contribution is -0.387. The maximum absolute atomic E-state index is 10.7. The van der Waals surface area contributed by atoms with E-state index in [0.717, 1.165) is 12.3 Å². The molecule has 0 saturated carbocycles. The number of halogens is 1. The van der Waals surface area contributed by atoms with Crippen LogP contribution in [0.1, 0.15) is 5.69 Å². The van der Waals surface area contributed by atoms with E-state index in [2.05, 4.69) is 25.7 Å². The first-order valence-electron chi connectivity index (χ1n) is 3.95. The number of ether oxygens (including phenoxy) is 1. The molecule has 0 aromatic carbocycles. The molecule has 0 spiro atoms. The molecule has 1 aromatic rings. The summed E-state index contributed by atoms with van der Waals surface area (Å²) in [4.78, 5) is 13.7. The molecular formula is C7H6BBrN2O5. The van der Waals surface area contributed by atoms with Crippen molar-refractivity contribution in [1.29, 1.82) is 0 Å². The van der Waals surface area contributed by atoms with Crippen LogP contribution in [0.5, 0.6) is 5.75 Å². The van der Waals surface area contributed by atoms with Gasteiger partial charge in [-0.15, -0.1) is 0 Å². The zero-order valence-electron chi connectivity index (χ0n) is 7.83. The van der Waals surface area contributed by atoms with Crippen LogP contribution in [0.2, 0.25) is 0 Å². The highest BCUT2D eigenvalue weighted by molar-refractivity contribution is 9.08. The molecule has 0 aliphatic carbocycles. The topological polar surface area (TPSA) is 106 Å². The van der Waals surface area contributed by atoms with Crippen molar-refractivity contribution in [3.63, 3.8) is 0 Å². The van der Waals surface area contributed by atoms with Crippen molar-refractivity contribution in [3.05, 3.63) is 28.1 Å². The summed E-state index contributed by atoms with van der Waals surface area (Å²) in [5.41, 5.74) is -0.0556. The molecule has 0 aliphatic heterocycles. The van der Waals surface area contributed by atoms with Crippen molar-refractivity contribution in [2.45, 2.75) is 11.2 Å². The Morgan fingerprint density at radius 3 is 2.75 bits per heavy atom. The lowest BCUT2D eigenvalue weighted by Crippen LogP contribution is -2.35. The van der Waals surface area contributed by atoms with Crippen LogP contribution in [-0.2, 0) is 5.33 Å². The van der Waals surface area contributed by atoms with Gasteiger partial charge < -0.3 is 14.9 Å². The second-order valence-electron chi connectivity index (χ2n) is 2.79. The van der Waals surface area contributed by atoms with Gasteiger partial charge in [-0.2, -0.15) is 0 Å². The molecule has 2 radical (unpaired) electrons. The van der Waals surface area contributed by atoms with E-state index in [0.29, 0.717) is 11.0 Å². The minimum absolute atomic E-state index is 0.320. The Bertz CT molecular complexity index is 408. The number of rotatable bonds is 4. The third kappa shape index (κ3) is 3.44. The first-order valence-corrected chi connectivity index (χ1v) is 5.07. The van der Waals surface area contributed by atoms with Crippen molar-refractivity contribution >= 4 is 29.5 Å². The number of aliphatic hydroxyl groups is 2. The van der Waals surface area contributed by atoms with Gasteiger partial charge in [0.2, 0.25) is 13.6 Å². The number of aromatic nitrogens is 1. The van der Waals surface area contributed by atoms with Crippen molar-refractivity contribution in [2.24, 2.45) is 0 Å². The van der Waals surface area contributed by atoms with Gasteiger partial charge in [0.05, 0.1) is 16.8 Å². The van der Waals surface area contributed by atoms with Crippen LogP contribution in [0.4, 0.5) is 5.69 Å². The molecule has 16 heavy (non-hydrogen) atoms. The number of nitrogens with zero attached hydrogens (tertiary/aromatic N) is 2. The quantitative estimate of drug-likeness (QED) is 0.266. The van der Waals surface area contributed by atoms with Crippen molar-refractivity contribution in [1.82, 2.24) is 4.98 Å². The minimum atomic E-state index is -2.98. The number of hydrogen-bond donors (Lipinski definition) is 2. The lowest BCUT2D eigenvalue weighted by atomic mass is 10.1. The molecule has 0 atom stereocenters. The monoisotopic (exact) mass is 288 g/mol. The Balaban J connectivity index is 3.13. The van der Waals surface area contributed by atoms with E-state index in [1.807, 2.05) is 0 Å². The average molecular weight is 289 g/mol. The predicted molar refractivity (Wildman–Crippen MR) is 57.1 cm³/mol. The number of hydrogen-bond acceptors (Lipinski definition) is 6. The van der Waals surface area contributed by atoms with Gasteiger partial charge in [-0.1, -0.05) is 15.9 Å². The van der Waals surface area contributed by atoms with Crippen LogP contribution >= 0.6 is 15.9 Å². The van der Waals surface area contributed by atoms with Crippen LogP contribution in [0, 0.1) is 10.1 Å². The van der Waals surface area contributed by atoms with Gasteiger partial charge in [0.15, 0.2) is 0 Å². The molecule has 1 rings (SSSR count).